The van der Waals surface area contributed by atoms with Crippen molar-refractivity contribution in [1.29, 1.82) is 0 Å². The lowest BCUT2D eigenvalue weighted by atomic mass is 10.1. The Balaban J connectivity index is 2.69. The largest absolute Gasteiger partial charge is 0.344 e. The van der Waals surface area contributed by atoms with Crippen molar-refractivity contribution in [2.75, 3.05) is 6.54 Å². The number of rotatable bonds is 2. The van der Waals surface area contributed by atoms with Crippen LogP contribution in [0.25, 0.3) is 17.0 Å². The van der Waals surface area contributed by atoms with Gasteiger partial charge in [0, 0.05) is 30.2 Å². The highest BCUT2D eigenvalue weighted by Crippen LogP contribution is 2.24. The number of fused-ring (bicyclic) bond motifs is 1. The SMILES string of the molecule is Cc1c(/C=C/CN)n(C)c2ccccc12. The van der Waals surface area contributed by atoms with Crippen molar-refractivity contribution in [3.05, 3.63) is 41.6 Å². The van der Waals surface area contributed by atoms with E-state index >= 15 is 0 Å². The van der Waals surface area contributed by atoms with E-state index in [1.165, 1.54) is 22.2 Å². The molecule has 0 aliphatic carbocycles. The minimum absolute atomic E-state index is 0.584. The monoisotopic (exact) mass is 200 g/mol. The second-order valence-corrected chi connectivity index (χ2v) is 3.72. The molecular formula is C13H16N2. The molecule has 2 nitrogen and oxygen atoms in total. The van der Waals surface area contributed by atoms with Crippen molar-refractivity contribution in [3.63, 3.8) is 0 Å². The first kappa shape index (κ1) is 9.99. The van der Waals surface area contributed by atoms with Crippen LogP contribution in [-0.2, 0) is 7.05 Å². The standard InChI is InChI=1S/C13H16N2/c1-10-11-6-3-4-7-13(11)15(2)12(10)8-5-9-14/h3-8H,9,14H2,1-2H3/b8-5+. The van der Waals surface area contributed by atoms with Crippen molar-refractivity contribution in [2.45, 2.75) is 6.92 Å². The van der Waals surface area contributed by atoms with E-state index in [1.807, 2.05) is 6.08 Å². The second kappa shape index (κ2) is 3.91. The molecule has 78 valence electrons. The van der Waals surface area contributed by atoms with Crippen molar-refractivity contribution in [1.82, 2.24) is 4.57 Å². The number of hydrogen-bond donors (Lipinski definition) is 1. The molecule has 0 saturated carbocycles. The van der Waals surface area contributed by atoms with Gasteiger partial charge in [-0.1, -0.05) is 24.3 Å². The van der Waals surface area contributed by atoms with E-state index in [4.69, 9.17) is 5.73 Å². The second-order valence-electron chi connectivity index (χ2n) is 3.72. The van der Waals surface area contributed by atoms with Gasteiger partial charge < -0.3 is 10.3 Å². The molecule has 0 saturated heterocycles. The highest BCUT2D eigenvalue weighted by Gasteiger charge is 2.07. The van der Waals surface area contributed by atoms with Gasteiger partial charge in [0.15, 0.2) is 0 Å². The van der Waals surface area contributed by atoms with Crippen molar-refractivity contribution in [2.24, 2.45) is 12.8 Å². The third kappa shape index (κ3) is 1.57. The van der Waals surface area contributed by atoms with Crippen LogP contribution in [0, 0.1) is 6.92 Å². The first-order valence-electron chi connectivity index (χ1n) is 5.16. The Labute approximate surface area is 90.0 Å². The zero-order chi connectivity index (χ0) is 10.8. The van der Waals surface area contributed by atoms with Crippen LogP contribution < -0.4 is 5.73 Å². The van der Waals surface area contributed by atoms with Crippen LogP contribution in [-0.4, -0.2) is 11.1 Å². The summed E-state index contributed by atoms with van der Waals surface area (Å²) in [6.07, 6.45) is 4.08. The van der Waals surface area contributed by atoms with Gasteiger partial charge in [-0.3, -0.25) is 0 Å². The summed E-state index contributed by atoms with van der Waals surface area (Å²) in [7, 11) is 2.09. The molecule has 1 aromatic carbocycles. The van der Waals surface area contributed by atoms with Crippen LogP contribution >= 0.6 is 0 Å². The maximum Gasteiger partial charge on any atom is 0.0485 e. The van der Waals surface area contributed by atoms with Gasteiger partial charge in [0.1, 0.15) is 0 Å². The highest BCUT2D eigenvalue weighted by molar-refractivity contribution is 5.87. The van der Waals surface area contributed by atoms with Crippen LogP contribution in [0.15, 0.2) is 30.3 Å². The molecule has 2 heteroatoms. The quantitative estimate of drug-likeness (QED) is 0.793. The lowest BCUT2D eigenvalue weighted by Crippen LogP contribution is -1.95. The fourth-order valence-electron chi connectivity index (χ4n) is 2.02. The van der Waals surface area contributed by atoms with E-state index in [2.05, 4.69) is 48.9 Å². The number of nitrogens with two attached hydrogens (primary N) is 1. The molecule has 1 heterocycles. The average Bonchev–Trinajstić information content (AvgIpc) is 2.51. The molecule has 0 aliphatic rings. The number of hydrogen-bond acceptors (Lipinski definition) is 1. The van der Waals surface area contributed by atoms with Crippen LogP contribution in [0.3, 0.4) is 0 Å². The summed E-state index contributed by atoms with van der Waals surface area (Å²) in [5, 5.41) is 1.32. The van der Waals surface area contributed by atoms with Crippen LogP contribution in [0.4, 0.5) is 0 Å². The van der Waals surface area contributed by atoms with Gasteiger partial charge in [0.25, 0.3) is 0 Å². The van der Waals surface area contributed by atoms with Gasteiger partial charge in [-0.25, -0.2) is 0 Å². The first-order chi connectivity index (χ1) is 7.25. The average molecular weight is 200 g/mol. The number of para-hydroxylation sites is 1. The van der Waals surface area contributed by atoms with Crippen LogP contribution in [0.5, 0.6) is 0 Å². The Bertz CT molecular complexity index is 467. The molecule has 0 fully saturated rings. The fraction of sp³-hybridized carbons (Fsp3) is 0.231. The van der Waals surface area contributed by atoms with Gasteiger partial charge in [-0.15, -0.1) is 0 Å². The molecule has 0 bridgehead atoms. The van der Waals surface area contributed by atoms with Gasteiger partial charge in [-0.2, -0.15) is 0 Å². The van der Waals surface area contributed by atoms with Gasteiger partial charge >= 0.3 is 0 Å². The van der Waals surface area contributed by atoms with Crippen molar-refractivity contribution < 1.29 is 0 Å². The summed E-state index contributed by atoms with van der Waals surface area (Å²) in [5.74, 6) is 0. The highest BCUT2D eigenvalue weighted by atomic mass is 14.9. The predicted molar refractivity (Wildman–Crippen MR) is 65.7 cm³/mol. The van der Waals surface area contributed by atoms with Crippen LogP contribution in [0.1, 0.15) is 11.3 Å². The molecule has 0 atom stereocenters. The predicted octanol–water partition coefficient (Wildman–Crippen LogP) is 2.46. The van der Waals surface area contributed by atoms with E-state index < -0.39 is 0 Å². The lowest BCUT2D eigenvalue weighted by molar-refractivity contribution is 0.948. The van der Waals surface area contributed by atoms with Gasteiger partial charge in [-0.05, 0) is 24.6 Å². The summed E-state index contributed by atoms with van der Waals surface area (Å²) in [6, 6.07) is 8.44. The third-order valence-electron chi connectivity index (χ3n) is 2.83. The number of aryl methyl sites for hydroxylation is 2. The molecule has 15 heavy (non-hydrogen) atoms. The Kier molecular flexibility index (Phi) is 2.60. The molecule has 1 aromatic heterocycles. The molecule has 0 unspecified atom stereocenters. The van der Waals surface area contributed by atoms with E-state index in [0.717, 1.165) is 0 Å². The van der Waals surface area contributed by atoms with E-state index in [0.29, 0.717) is 6.54 Å². The van der Waals surface area contributed by atoms with Crippen molar-refractivity contribution in [3.8, 4) is 0 Å². The summed E-state index contributed by atoms with van der Waals surface area (Å²) in [6.45, 7) is 2.74. The Hall–Kier alpha value is -1.54. The Morgan fingerprint density at radius 3 is 2.73 bits per heavy atom. The zero-order valence-electron chi connectivity index (χ0n) is 9.20. The number of aromatic nitrogens is 1. The fourth-order valence-corrected chi connectivity index (χ4v) is 2.02. The van der Waals surface area contributed by atoms with E-state index in [1.54, 1.807) is 0 Å². The molecule has 2 N–H and O–H groups in total. The first-order valence-corrected chi connectivity index (χ1v) is 5.16. The third-order valence-corrected chi connectivity index (χ3v) is 2.83. The molecule has 2 rings (SSSR count). The van der Waals surface area contributed by atoms with Crippen LogP contribution in [0.2, 0.25) is 0 Å². The summed E-state index contributed by atoms with van der Waals surface area (Å²) in [4.78, 5) is 0. The summed E-state index contributed by atoms with van der Waals surface area (Å²) in [5.41, 5.74) is 9.30. The Morgan fingerprint density at radius 1 is 1.33 bits per heavy atom. The minimum atomic E-state index is 0.584. The Morgan fingerprint density at radius 2 is 2.07 bits per heavy atom. The number of benzene rings is 1. The molecule has 2 aromatic rings. The molecule has 0 aliphatic heterocycles. The van der Waals surface area contributed by atoms with Gasteiger partial charge in [0.05, 0.1) is 0 Å². The number of nitrogens with zero attached hydrogens (tertiary/aromatic N) is 1. The minimum Gasteiger partial charge on any atom is -0.344 e. The molecule has 0 spiro atoms. The lowest BCUT2D eigenvalue weighted by Gasteiger charge is -1.99. The smallest absolute Gasteiger partial charge is 0.0485 e. The van der Waals surface area contributed by atoms with Gasteiger partial charge in [0.2, 0.25) is 0 Å². The maximum absolute atomic E-state index is 5.47. The van der Waals surface area contributed by atoms with E-state index in [9.17, 15) is 0 Å². The van der Waals surface area contributed by atoms with Crippen molar-refractivity contribution >= 4 is 17.0 Å². The van der Waals surface area contributed by atoms with E-state index in [-0.39, 0.29) is 0 Å². The summed E-state index contributed by atoms with van der Waals surface area (Å²) >= 11 is 0. The summed E-state index contributed by atoms with van der Waals surface area (Å²) < 4.78 is 2.21. The maximum atomic E-state index is 5.47. The zero-order valence-corrected chi connectivity index (χ0v) is 9.20. The molecule has 0 amide bonds. The molecular weight excluding hydrogens is 184 g/mol. The normalized spacial score (nSPS) is 11.7. The topological polar surface area (TPSA) is 30.9 Å². The molecule has 0 radical (unpaired) electrons.